The van der Waals surface area contributed by atoms with Crippen molar-refractivity contribution in [2.45, 2.75) is 12.8 Å². The van der Waals surface area contributed by atoms with E-state index in [-0.39, 0.29) is 49.1 Å². The summed E-state index contributed by atoms with van der Waals surface area (Å²) in [6, 6.07) is 2.85. The van der Waals surface area contributed by atoms with E-state index < -0.39 is 11.9 Å². The number of rotatable bonds is 4. The standard InChI is InChI=1S/2C10H10N2O3.2Li/c2*13-10(14)9-5-8(11-6-12-9)7-1-3-15-4-2-7;;/h2*1,5-6H,2-4H2,(H,13,14);;/q;;2*+1/p-2. The first-order valence-electron chi connectivity index (χ1n) is 9.15. The molecule has 0 radical (unpaired) electrons. The Morgan fingerprint density at radius 3 is 1.44 bits per heavy atom. The molecule has 12 heteroatoms. The zero-order valence-electron chi connectivity index (χ0n) is 17.9. The molecule has 10 nitrogen and oxygen atoms in total. The molecule has 2 aromatic heterocycles. The Balaban J connectivity index is 0.000000301. The second-order valence-corrected chi connectivity index (χ2v) is 6.26. The molecule has 0 N–H and O–H groups in total. The van der Waals surface area contributed by atoms with Crippen molar-refractivity contribution in [1.29, 1.82) is 0 Å². The van der Waals surface area contributed by atoms with Gasteiger partial charge in [0, 0.05) is 0 Å². The molecule has 0 atom stereocenters. The third kappa shape index (κ3) is 7.99. The van der Waals surface area contributed by atoms with Crippen LogP contribution in [0, 0.1) is 0 Å². The summed E-state index contributed by atoms with van der Waals surface area (Å²) in [6.45, 7) is 2.35. The monoisotopic (exact) mass is 424 g/mol. The minimum atomic E-state index is -1.29. The number of nitrogens with zero attached hydrogens (tertiary/aromatic N) is 4. The molecule has 4 heterocycles. The number of carboxylic acid groups (broad SMARTS) is 2. The maximum atomic E-state index is 10.6. The van der Waals surface area contributed by atoms with Gasteiger partial charge in [-0.2, -0.15) is 0 Å². The van der Waals surface area contributed by atoms with Crippen LogP contribution in [0.25, 0.3) is 11.1 Å². The summed E-state index contributed by atoms with van der Waals surface area (Å²) in [5.41, 5.74) is 3.07. The maximum Gasteiger partial charge on any atom is 1.00 e. The predicted octanol–water partition coefficient (Wildman–Crippen LogP) is -6.70. The summed E-state index contributed by atoms with van der Waals surface area (Å²) in [5, 5.41) is 21.2. The third-order valence-corrected chi connectivity index (χ3v) is 4.34. The fraction of sp³-hybridized carbons (Fsp3) is 0.300. The fourth-order valence-corrected chi connectivity index (χ4v) is 2.81. The first-order valence-corrected chi connectivity index (χ1v) is 9.15. The summed E-state index contributed by atoms with van der Waals surface area (Å²) < 4.78 is 10.3. The molecule has 0 aliphatic carbocycles. The number of ether oxygens (including phenoxy) is 2. The second kappa shape index (κ2) is 14.0. The summed E-state index contributed by atoms with van der Waals surface area (Å²) in [7, 11) is 0. The van der Waals surface area contributed by atoms with Gasteiger partial charge >= 0.3 is 37.7 Å². The van der Waals surface area contributed by atoms with Crippen LogP contribution in [-0.2, 0) is 9.47 Å². The Morgan fingerprint density at radius 2 is 1.12 bits per heavy atom. The van der Waals surface area contributed by atoms with Gasteiger partial charge < -0.3 is 29.3 Å². The van der Waals surface area contributed by atoms with Crippen molar-refractivity contribution in [2.24, 2.45) is 0 Å². The Morgan fingerprint density at radius 1 is 0.719 bits per heavy atom. The van der Waals surface area contributed by atoms with Crippen LogP contribution in [-0.4, -0.2) is 58.3 Å². The SMILES string of the molecule is O=C([O-])c1cc(C2=CCOCC2)ncn1.O=C([O-])c1cc(C2=CCOCC2)ncn1.[Li+].[Li+]. The van der Waals surface area contributed by atoms with Gasteiger partial charge in [-0.05, 0) is 36.1 Å². The first-order chi connectivity index (χ1) is 14.5. The average Bonchev–Trinajstić information content (AvgIpc) is 2.81. The van der Waals surface area contributed by atoms with Gasteiger partial charge in [-0.1, -0.05) is 12.2 Å². The van der Waals surface area contributed by atoms with E-state index in [1.165, 1.54) is 24.8 Å². The van der Waals surface area contributed by atoms with Crippen molar-refractivity contribution < 1.29 is 67.0 Å². The molecule has 0 amide bonds. The molecule has 4 rings (SSSR count). The first kappa shape index (κ1) is 27.7. The molecule has 2 aliphatic heterocycles. The van der Waals surface area contributed by atoms with Gasteiger partial charge in [0.2, 0.25) is 0 Å². The largest absolute Gasteiger partial charge is 1.00 e. The number of carbonyl (C=O) groups is 2. The van der Waals surface area contributed by atoms with Crippen LogP contribution in [0.4, 0.5) is 0 Å². The number of aromatic carboxylic acids is 2. The molecule has 0 unspecified atom stereocenters. The van der Waals surface area contributed by atoms with E-state index in [1.54, 1.807) is 0 Å². The molecule has 0 saturated carbocycles. The Kier molecular flexibility index (Phi) is 12.1. The molecule has 0 spiro atoms. The molecule has 0 aromatic carbocycles. The van der Waals surface area contributed by atoms with Gasteiger partial charge in [0.25, 0.3) is 0 Å². The van der Waals surface area contributed by atoms with Crippen LogP contribution in [0.2, 0.25) is 0 Å². The van der Waals surface area contributed by atoms with Gasteiger partial charge in [-0.3, -0.25) is 0 Å². The van der Waals surface area contributed by atoms with E-state index in [1.807, 2.05) is 12.2 Å². The summed E-state index contributed by atoms with van der Waals surface area (Å²) >= 11 is 0. The van der Waals surface area contributed by atoms with Gasteiger partial charge in [-0.15, -0.1) is 0 Å². The zero-order chi connectivity index (χ0) is 21.3. The number of hydrogen-bond acceptors (Lipinski definition) is 10. The van der Waals surface area contributed by atoms with Crippen molar-refractivity contribution >= 4 is 23.1 Å². The van der Waals surface area contributed by atoms with Gasteiger partial charge in [0.1, 0.15) is 12.7 Å². The quantitative estimate of drug-likeness (QED) is 0.433. The molecular weight excluding hydrogens is 406 g/mol. The van der Waals surface area contributed by atoms with E-state index in [4.69, 9.17) is 9.47 Å². The maximum absolute atomic E-state index is 10.6. The van der Waals surface area contributed by atoms with E-state index in [0.717, 1.165) is 24.0 Å². The van der Waals surface area contributed by atoms with Gasteiger partial charge in [0.05, 0.1) is 61.1 Å². The Bertz CT molecular complexity index is 920. The molecule has 0 fully saturated rings. The fourth-order valence-electron chi connectivity index (χ4n) is 2.81. The average molecular weight is 424 g/mol. The van der Waals surface area contributed by atoms with E-state index in [2.05, 4.69) is 19.9 Å². The van der Waals surface area contributed by atoms with Crippen molar-refractivity contribution in [3.63, 3.8) is 0 Å². The van der Waals surface area contributed by atoms with E-state index >= 15 is 0 Å². The third-order valence-electron chi connectivity index (χ3n) is 4.34. The van der Waals surface area contributed by atoms with Crippen LogP contribution in [0.3, 0.4) is 0 Å². The number of aromatic nitrogens is 4. The number of carbonyl (C=O) groups excluding carboxylic acids is 2. The molecule has 156 valence electrons. The minimum absolute atomic E-state index is 0. The smallest absolute Gasteiger partial charge is 0.543 e. The number of hydrogen-bond donors (Lipinski definition) is 0. The summed E-state index contributed by atoms with van der Waals surface area (Å²) in [5.74, 6) is -2.57. The minimum Gasteiger partial charge on any atom is -0.543 e. The molecule has 32 heavy (non-hydrogen) atoms. The van der Waals surface area contributed by atoms with Crippen molar-refractivity contribution in [3.8, 4) is 0 Å². The number of carboxylic acids is 2. The topological polar surface area (TPSA) is 150 Å². The van der Waals surface area contributed by atoms with Crippen LogP contribution in [0.15, 0.2) is 36.9 Å². The molecule has 0 saturated heterocycles. The molecule has 2 aromatic rings. The van der Waals surface area contributed by atoms with Crippen LogP contribution in [0.5, 0.6) is 0 Å². The van der Waals surface area contributed by atoms with Crippen LogP contribution < -0.4 is 47.9 Å². The normalized spacial score (nSPS) is 14.9. The summed E-state index contributed by atoms with van der Waals surface area (Å²) in [4.78, 5) is 36.4. The van der Waals surface area contributed by atoms with Crippen LogP contribution >= 0.6 is 0 Å². The molecular formula is C20H18Li2N4O6. The molecule has 0 bridgehead atoms. The Labute approximate surface area is 208 Å². The van der Waals surface area contributed by atoms with Crippen molar-refractivity contribution in [1.82, 2.24) is 19.9 Å². The van der Waals surface area contributed by atoms with E-state index in [0.29, 0.717) is 37.8 Å². The van der Waals surface area contributed by atoms with Gasteiger partial charge in [0.15, 0.2) is 0 Å². The molecule has 2 aliphatic rings. The zero-order valence-corrected chi connectivity index (χ0v) is 17.9. The van der Waals surface area contributed by atoms with Crippen molar-refractivity contribution in [2.75, 3.05) is 26.4 Å². The Hall–Kier alpha value is -2.31. The van der Waals surface area contributed by atoms with Crippen LogP contribution in [0.1, 0.15) is 45.2 Å². The van der Waals surface area contributed by atoms with Gasteiger partial charge in [-0.25, -0.2) is 19.9 Å². The van der Waals surface area contributed by atoms with Crippen molar-refractivity contribution in [3.05, 3.63) is 59.7 Å². The van der Waals surface area contributed by atoms with E-state index in [9.17, 15) is 19.8 Å². The predicted molar refractivity (Wildman–Crippen MR) is 99.6 cm³/mol. The summed E-state index contributed by atoms with van der Waals surface area (Å²) in [6.07, 6.45) is 7.73. The second-order valence-electron chi connectivity index (χ2n) is 6.26.